The van der Waals surface area contributed by atoms with Crippen LogP contribution in [0.3, 0.4) is 0 Å². The summed E-state index contributed by atoms with van der Waals surface area (Å²) < 4.78 is 10.6. The summed E-state index contributed by atoms with van der Waals surface area (Å²) in [7, 11) is 1.71. The first-order chi connectivity index (χ1) is 7.74. The van der Waals surface area contributed by atoms with E-state index in [2.05, 4.69) is 10.6 Å². The fourth-order valence-corrected chi connectivity index (χ4v) is 2.15. The van der Waals surface area contributed by atoms with Crippen LogP contribution in [0.25, 0.3) is 0 Å². The van der Waals surface area contributed by atoms with Crippen molar-refractivity contribution in [2.45, 2.75) is 37.3 Å². The van der Waals surface area contributed by atoms with Crippen LogP contribution in [0.4, 0.5) is 4.79 Å². The van der Waals surface area contributed by atoms with Gasteiger partial charge in [0.15, 0.2) is 0 Å². The second-order valence-corrected chi connectivity index (χ2v) is 4.63. The van der Waals surface area contributed by atoms with Gasteiger partial charge < -0.3 is 20.1 Å². The van der Waals surface area contributed by atoms with Gasteiger partial charge in [-0.05, 0) is 25.7 Å². The first kappa shape index (κ1) is 11.7. The molecule has 92 valence electrons. The molecule has 0 radical (unpaired) electrons. The second-order valence-electron chi connectivity index (χ2n) is 4.63. The fraction of sp³-hybridized carbons (Fsp3) is 0.909. The number of carbonyl (C=O) groups excluding carboxylic acids is 1. The number of urea groups is 1. The van der Waals surface area contributed by atoms with Crippen molar-refractivity contribution in [2.75, 3.05) is 26.9 Å². The van der Waals surface area contributed by atoms with E-state index in [9.17, 15) is 4.79 Å². The predicted molar refractivity (Wildman–Crippen MR) is 59.3 cm³/mol. The number of hydrogen-bond donors (Lipinski definition) is 2. The van der Waals surface area contributed by atoms with Crippen LogP contribution in [0.15, 0.2) is 0 Å². The zero-order valence-corrected chi connectivity index (χ0v) is 9.75. The van der Waals surface area contributed by atoms with Crippen LogP contribution in [0.5, 0.6) is 0 Å². The molecule has 2 aliphatic rings. The summed E-state index contributed by atoms with van der Waals surface area (Å²) in [6, 6.07) is 0.0544. The Morgan fingerprint density at radius 2 is 2.38 bits per heavy atom. The zero-order chi connectivity index (χ0) is 11.4. The van der Waals surface area contributed by atoms with Crippen molar-refractivity contribution in [3.63, 3.8) is 0 Å². The highest BCUT2D eigenvalue weighted by molar-refractivity contribution is 5.74. The van der Waals surface area contributed by atoms with Crippen LogP contribution in [0.1, 0.15) is 25.7 Å². The third kappa shape index (κ3) is 2.65. The molecule has 0 bridgehead atoms. The Hall–Kier alpha value is -0.810. The van der Waals surface area contributed by atoms with Gasteiger partial charge in [-0.15, -0.1) is 0 Å². The van der Waals surface area contributed by atoms with Gasteiger partial charge in [-0.2, -0.15) is 0 Å². The lowest BCUT2D eigenvalue weighted by Gasteiger charge is -2.40. The highest BCUT2D eigenvalue weighted by atomic mass is 16.5. The highest BCUT2D eigenvalue weighted by Gasteiger charge is 2.37. The summed E-state index contributed by atoms with van der Waals surface area (Å²) in [5, 5.41) is 5.77. The van der Waals surface area contributed by atoms with E-state index in [-0.39, 0.29) is 17.7 Å². The molecule has 2 N–H and O–H groups in total. The normalized spacial score (nSPS) is 27.2. The topological polar surface area (TPSA) is 59.6 Å². The molecule has 2 amide bonds. The lowest BCUT2D eigenvalue weighted by atomic mass is 9.80. The van der Waals surface area contributed by atoms with Crippen LogP contribution in [0, 0.1) is 0 Å². The van der Waals surface area contributed by atoms with E-state index in [1.165, 1.54) is 6.42 Å². The number of nitrogens with one attached hydrogen (secondary N) is 2. The van der Waals surface area contributed by atoms with Gasteiger partial charge in [-0.25, -0.2) is 4.79 Å². The van der Waals surface area contributed by atoms with Crippen molar-refractivity contribution >= 4 is 6.03 Å². The van der Waals surface area contributed by atoms with Gasteiger partial charge in [0, 0.05) is 20.3 Å². The molecule has 0 aromatic heterocycles. The Kier molecular flexibility index (Phi) is 3.66. The molecule has 5 heteroatoms. The largest absolute Gasteiger partial charge is 0.379 e. The van der Waals surface area contributed by atoms with Crippen LogP contribution in [-0.2, 0) is 9.47 Å². The highest BCUT2D eigenvalue weighted by Crippen LogP contribution is 2.34. The van der Waals surface area contributed by atoms with Crippen LogP contribution < -0.4 is 10.6 Å². The summed E-state index contributed by atoms with van der Waals surface area (Å²) in [4.78, 5) is 11.6. The van der Waals surface area contributed by atoms with Gasteiger partial charge >= 0.3 is 6.03 Å². The van der Waals surface area contributed by atoms with Crippen molar-refractivity contribution < 1.29 is 14.3 Å². The van der Waals surface area contributed by atoms with Gasteiger partial charge in [-0.3, -0.25) is 0 Å². The Balaban J connectivity index is 1.66. The minimum absolute atomic E-state index is 0.108. The molecule has 2 fully saturated rings. The first-order valence-corrected chi connectivity index (χ1v) is 5.91. The summed E-state index contributed by atoms with van der Waals surface area (Å²) in [5.41, 5.74) is -0.108. The Bertz CT molecular complexity index is 242. The van der Waals surface area contributed by atoms with Crippen LogP contribution in [0.2, 0.25) is 0 Å². The monoisotopic (exact) mass is 228 g/mol. The summed E-state index contributed by atoms with van der Waals surface area (Å²) in [6.07, 6.45) is 4.17. The minimum atomic E-state index is -0.112. The summed E-state index contributed by atoms with van der Waals surface area (Å²) >= 11 is 0. The quantitative estimate of drug-likeness (QED) is 0.742. The average Bonchev–Trinajstić information content (AvgIpc) is 2.69. The third-order valence-electron chi connectivity index (χ3n) is 3.53. The van der Waals surface area contributed by atoms with E-state index in [0.717, 1.165) is 25.9 Å². The number of amides is 2. The molecule has 16 heavy (non-hydrogen) atoms. The molecule has 1 heterocycles. The molecule has 1 aliphatic carbocycles. The first-order valence-electron chi connectivity index (χ1n) is 5.91. The van der Waals surface area contributed by atoms with Gasteiger partial charge in [-0.1, -0.05) is 0 Å². The molecule has 1 atom stereocenters. The molecule has 2 rings (SSSR count). The van der Waals surface area contributed by atoms with Gasteiger partial charge in [0.25, 0.3) is 0 Å². The van der Waals surface area contributed by atoms with Gasteiger partial charge in [0.2, 0.25) is 0 Å². The fourth-order valence-electron chi connectivity index (χ4n) is 2.15. The maximum Gasteiger partial charge on any atom is 0.315 e. The van der Waals surface area contributed by atoms with Crippen molar-refractivity contribution in [2.24, 2.45) is 0 Å². The molecule has 0 aromatic carbocycles. The number of rotatable bonds is 4. The Labute approximate surface area is 95.9 Å². The maximum atomic E-state index is 11.6. The Morgan fingerprint density at radius 1 is 1.56 bits per heavy atom. The third-order valence-corrected chi connectivity index (χ3v) is 3.53. The zero-order valence-electron chi connectivity index (χ0n) is 9.75. The minimum Gasteiger partial charge on any atom is -0.379 e. The van der Waals surface area contributed by atoms with E-state index in [1.807, 2.05) is 0 Å². The van der Waals surface area contributed by atoms with Crippen LogP contribution >= 0.6 is 0 Å². The lowest BCUT2D eigenvalue weighted by Crippen LogP contribution is -2.52. The van der Waals surface area contributed by atoms with Crippen molar-refractivity contribution in [1.82, 2.24) is 10.6 Å². The van der Waals surface area contributed by atoms with Gasteiger partial charge in [0.05, 0.1) is 18.2 Å². The molecular formula is C11H20N2O3. The van der Waals surface area contributed by atoms with Crippen molar-refractivity contribution in [3.8, 4) is 0 Å². The molecule has 5 nitrogen and oxygen atoms in total. The number of hydrogen-bond acceptors (Lipinski definition) is 3. The molecule has 1 saturated carbocycles. The molecular weight excluding hydrogens is 208 g/mol. The molecule has 0 unspecified atom stereocenters. The SMILES string of the molecule is COC1(CNC(=O)N[C@@H]2CCOC2)CCC1. The number of carbonyl (C=O) groups is 1. The van der Waals surface area contributed by atoms with Crippen molar-refractivity contribution in [3.05, 3.63) is 0 Å². The predicted octanol–water partition coefficient (Wildman–Crippen LogP) is 0.644. The second kappa shape index (κ2) is 5.01. The van der Waals surface area contributed by atoms with E-state index in [0.29, 0.717) is 13.2 Å². The summed E-state index contributed by atoms with van der Waals surface area (Å²) in [5.74, 6) is 0. The molecule has 0 aromatic rings. The average molecular weight is 228 g/mol. The van der Waals surface area contributed by atoms with E-state index in [1.54, 1.807) is 7.11 Å². The number of ether oxygens (including phenoxy) is 2. The van der Waals surface area contributed by atoms with E-state index in [4.69, 9.17) is 9.47 Å². The maximum absolute atomic E-state index is 11.6. The molecule has 0 spiro atoms. The standard InChI is InChI=1S/C11H20N2O3/c1-15-11(4-2-5-11)8-12-10(14)13-9-3-6-16-7-9/h9H,2-8H2,1H3,(H2,12,13,14)/t9-/m1/s1. The van der Waals surface area contributed by atoms with Crippen molar-refractivity contribution in [1.29, 1.82) is 0 Å². The van der Waals surface area contributed by atoms with E-state index >= 15 is 0 Å². The smallest absolute Gasteiger partial charge is 0.315 e. The molecule has 1 saturated heterocycles. The lowest BCUT2D eigenvalue weighted by molar-refractivity contribution is -0.0674. The summed E-state index contributed by atoms with van der Waals surface area (Å²) in [6.45, 7) is 1.97. The van der Waals surface area contributed by atoms with Gasteiger partial charge in [0.1, 0.15) is 0 Å². The van der Waals surface area contributed by atoms with E-state index < -0.39 is 0 Å². The molecule has 1 aliphatic heterocycles. The Morgan fingerprint density at radius 3 is 2.88 bits per heavy atom. The number of methoxy groups -OCH3 is 1. The van der Waals surface area contributed by atoms with Crippen LogP contribution in [-0.4, -0.2) is 44.5 Å².